The molecule has 0 saturated carbocycles. The highest BCUT2D eigenvalue weighted by Gasteiger charge is 2.29. The molecule has 2 rings (SSSR count). The first-order valence-electron chi connectivity index (χ1n) is 3.75. The van der Waals surface area contributed by atoms with Gasteiger partial charge in [0.05, 0.1) is 6.61 Å². The molecule has 2 aliphatic rings. The van der Waals surface area contributed by atoms with Crippen LogP contribution in [0.25, 0.3) is 0 Å². The van der Waals surface area contributed by atoms with Crippen molar-refractivity contribution in [1.29, 1.82) is 0 Å². The van der Waals surface area contributed by atoms with E-state index in [0.717, 1.165) is 25.0 Å². The highest BCUT2D eigenvalue weighted by Crippen LogP contribution is 2.24. The fraction of sp³-hybridized carbons (Fsp3) is 1.00. The second-order valence-electron chi connectivity index (χ2n) is 3.04. The van der Waals surface area contributed by atoms with Crippen LogP contribution in [0, 0.1) is 11.8 Å². The second-order valence-corrected chi connectivity index (χ2v) is 3.04. The van der Waals surface area contributed by atoms with Crippen LogP contribution in [0.1, 0.15) is 6.42 Å². The zero-order valence-corrected chi connectivity index (χ0v) is 5.60. The van der Waals surface area contributed by atoms with E-state index in [1.807, 2.05) is 0 Å². The standard InChI is InChI=1S/C7H13NO/c1-2-9-5-7-4-8-3-6(1)7/h6-8H,1-5H2. The van der Waals surface area contributed by atoms with Gasteiger partial charge in [0.15, 0.2) is 0 Å². The maximum atomic E-state index is 5.34. The van der Waals surface area contributed by atoms with E-state index < -0.39 is 0 Å². The minimum absolute atomic E-state index is 0.832. The summed E-state index contributed by atoms with van der Waals surface area (Å²) in [7, 11) is 0. The molecule has 2 unspecified atom stereocenters. The fourth-order valence-electron chi connectivity index (χ4n) is 1.79. The van der Waals surface area contributed by atoms with Gasteiger partial charge in [0.2, 0.25) is 0 Å². The van der Waals surface area contributed by atoms with Crippen molar-refractivity contribution in [3.05, 3.63) is 0 Å². The van der Waals surface area contributed by atoms with Gasteiger partial charge in [-0.3, -0.25) is 0 Å². The lowest BCUT2D eigenvalue weighted by atomic mass is 9.92. The molecular weight excluding hydrogens is 114 g/mol. The average Bonchev–Trinajstić information content (AvgIpc) is 2.33. The Morgan fingerprint density at radius 2 is 2.11 bits per heavy atom. The fourth-order valence-corrected chi connectivity index (χ4v) is 1.79. The van der Waals surface area contributed by atoms with Gasteiger partial charge >= 0.3 is 0 Å². The summed E-state index contributed by atoms with van der Waals surface area (Å²) < 4.78 is 5.34. The maximum absolute atomic E-state index is 5.34. The summed E-state index contributed by atoms with van der Waals surface area (Å²) >= 11 is 0. The molecule has 0 aromatic carbocycles. The first-order chi connectivity index (χ1) is 4.47. The first-order valence-corrected chi connectivity index (χ1v) is 3.75. The summed E-state index contributed by atoms with van der Waals surface area (Å²) in [5.41, 5.74) is 0. The molecule has 0 amide bonds. The molecule has 0 aromatic rings. The third kappa shape index (κ3) is 0.970. The SMILES string of the molecule is C1CC2CNCC2CO1. The van der Waals surface area contributed by atoms with Gasteiger partial charge in [-0.2, -0.15) is 0 Å². The molecule has 0 aliphatic carbocycles. The molecule has 0 aromatic heterocycles. The molecule has 9 heavy (non-hydrogen) atoms. The number of hydrogen-bond donors (Lipinski definition) is 1. The monoisotopic (exact) mass is 127 g/mol. The number of nitrogens with one attached hydrogen (secondary N) is 1. The molecule has 0 radical (unpaired) electrons. The Kier molecular flexibility index (Phi) is 1.44. The van der Waals surface area contributed by atoms with Crippen molar-refractivity contribution >= 4 is 0 Å². The van der Waals surface area contributed by atoms with Gasteiger partial charge in [0.1, 0.15) is 0 Å². The third-order valence-electron chi connectivity index (χ3n) is 2.44. The largest absolute Gasteiger partial charge is 0.381 e. The number of fused-ring (bicyclic) bond motifs is 1. The Labute approximate surface area is 55.6 Å². The van der Waals surface area contributed by atoms with Gasteiger partial charge in [0, 0.05) is 13.2 Å². The van der Waals surface area contributed by atoms with Crippen LogP contribution in [0.4, 0.5) is 0 Å². The molecule has 2 nitrogen and oxygen atoms in total. The Morgan fingerprint density at radius 3 is 3.00 bits per heavy atom. The minimum Gasteiger partial charge on any atom is -0.381 e. The Bertz CT molecular complexity index is 93.1. The molecule has 2 aliphatic heterocycles. The number of rotatable bonds is 0. The minimum atomic E-state index is 0.832. The zero-order valence-electron chi connectivity index (χ0n) is 5.60. The Balaban J connectivity index is 1.97. The highest BCUT2D eigenvalue weighted by atomic mass is 16.5. The van der Waals surface area contributed by atoms with E-state index in [2.05, 4.69) is 5.32 Å². The molecular formula is C7H13NO. The maximum Gasteiger partial charge on any atom is 0.0509 e. The van der Waals surface area contributed by atoms with Crippen LogP contribution < -0.4 is 5.32 Å². The van der Waals surface area contributed by atoms with Crippen LogP contribution in [0.15, 0.2) is 0 Å². The van der Waals surface area contributed by atoms with E-state index in [-0.39, 0.29) is 0 Å². The first kappa shape index (κ1) is 5.69. The lowest BCUT2D eigenvalue weighted by Gasteiger charge is -2.23. The Hall–Kier alpha value is -0.0800. The topological polar surface area (TPSA) is 21.3 Å². The molecule has 1 N–H and O–H groups in total. The van der Waals surface area contributed by atoms with Gasteiger partial charge in [-0.25, -0.2) is 0 Å². The van der Waals surface area contributed by atoms with E-state index in [4.69, 9.17) is 4.74 Å². The van der Waals surface area contributed by atoms with Crippen LogP contribution >= 0.6 is 0 Å². The van der Waals surface area contributed by atoms with E-state index in [1.165, 1.54) is 19.5 Å². The van der Waals surface area contributed by atoms with Gasteiger partial charge < -0.3 is 10.1 Å². The molecule has 2 saturated heterocycles. The Morgan fingerprint density at radius 1 is 1.22 bits per heavy atom. The number of hydrogen-bond acceptors (Lipinski definition) is 2. The van der Waals surface area contributed by atoms with E-state index in [0.29, 0.717) is 0 Å². The summed E-state index contributed by atoms with van der Waals surface area (Å²) in [4.78, 5) is 0. The van der Waals surface area contributed by atoms with Crippen molar-refractivity contribution in [3.63, 3.8) is 0 Å². The van der Waals surface area contributed by atoms with Crippen LogP contribution in [0.2, 0.25) is 0 Å². The smallest absolute Gasteiger partial charge is 0.0509 e. The van der Waals surface area contributed by atoms with Gasteiger partial charge in [0.25, 0.3) is 0 Å². The lowest BCUT2D eigenvalue weighted by molar-refractivity contribution is 0.0372. The van der Waals surface area contributed by atoms with Crippen LogP contribution in [0.5, 0.6) is 0 Å². The third-order valence-corrected chi connectivity index (χ3v) is 2.44. The van der Waals surface area contributed by atoms with Crippen molar-refractivity contribution in [2.45, 2.75) is 6.42 Å². The van der Waals surface area contributed by atoms with E-state index in [9.17, 15) is 0 Å². The summed E-state index contributed by atoms with van der Waals surface area (Å²) in [6.45, 7) is 4.40. The van der Waals surface area contributed by atoms with E-state index in [1.54, 1.807) is 0 Å². The molecule has 2 fully saturated rings. The predicted octanol–water partition coefficient (Wildman–Crippen LogP) is 0.242. The van der Waals surface area contributed by atoms with Crippen LogP contribution in [-0.2, 0) is 4.74 Å². The van der Waals surface area contributed by atoms with Crippen molar-refractivity contribution in [2.75, 3.05) is 26.3 Å². The van der Waals surface area contributed by atoms with Crippen LogP contribution in [0.3, 0.4) is 0 Å². The van der Waals surface area contributed by atoms with Crippen molar-refractivity contribution in [1.82, 2.24) is 5.32 Å². The average molecular weight is 127 g/mol. The second kappa shape index (κ2) is 2.27. The van der Waals surface area contributed by atoms with Gasteiger partial charge in [-0.15, -0.1) is 0 Å². The van der Waals surface area contributed by atoms with Crippen LogP contribution in [-0.4, -0.2) is 26.3 Å². The normalized spacial score (nSPS) is 42.7. The molecule has 52 valence electrons. The van der Waals surface area contributed by atoms with Gasteiger partial charge in [-0.05, 0) is 24.8 Å². The molecule has 2 atom stereocenters. The zero-order chi connectivity index (χ0) is 6.10. The highest BCUT2D eigenvalue weighted by molar-refractivity contribution is 4.82. The van der Waals surface area contributed by atoms with E-state index >= 15 is 0 Å². The summed E-state index contributed by atoms with van der Waals surface area (Å²) in [5, 5.41) is 3.38. The molecule has 2 heteroatoms. The summed E-state index contributed by atoms with van der Waals surface area (Å²) in [5.74, 6) is 1.76. The molecule has 0 spiro atoms. The van der Waals surface area contributed by atoms with Crippen molar-refractivity contribution in [2.24, 2.45) is 11.8 Å². The summed E-state index contributed by atoms with van der Waals surface area (Å²) in [6.07, 6.45) is 1.28. The summed E-state index contributed by atoms with van der Waals surface area (Å²) in [6, 6.07) is 0. The number of ether oxygens (including phenoxy) is 1. The quantitative estimate of drug-likeness (QED) is 0.503. The predicted molar refractivity (Wildman–Crippen MR) is 35.3 cm³/mol. The molecule has 2 heterocycles. The lowest BCUT2D eigenvalue weighted by Crippen LogP contribution is -2.25. The molecule has 0 bridgehead atoms. The van der Waals surface area contributed by atoms with Crippen molar-refractivity contribution in [3.8, 4) is 0 Å². The van der Waals surface area contributed by atoms with Crippen molar-refractivity contribution < 1.29 is 4.74 Å². The van der Waals surface area contributed by atoms with Gasteiger partial charge in [-0.1, -0.05) is 0 Å².